The number of nitrogen functional groups attached to an aromatic ring is 1. The van der Waals surface area contributed by atoms with Crippen LogP contribution in [-0.2, 0) is 11.4 Å². The van der Waals surface area contributed by atoms with Crippen LogP contribution >= 0.6 is 23.2 Å². The maximum absolute atomic E-state index is 13.5. The van der Waals surface area contributed by atoms with Gasteiger partial charge in [-0.1, -0.05) is 23.2 Å². The SMILES string of the molecule is Cc1cc(Nc2c(Cl)cc(Cl)c3c2N=S=N3)c(N)cc1F. The van der Waals surface area contributed by atoms with Crippen LogP contribution in [0.3, 0.4) is 0 Å². The zero-order valence-corrected chi connectivity index (χ0v) is 13.1. The molecule has 2 aromatic rings. The lowest BCUT2D eigenvalue weighted by Gasteiger charge is -2.14. The Hall–Kier alpha value is -1.63. The zero-order chi connectivity index (χ0) is 15.1. The molecule has 3 N–H and O–H groups in total. The molecule has 108 valence electrons. The molecule has 8 heteroatoms. The maximum Gasteiger partial charge on any atom is 0.131 e. The largest absolute Gasteiger partial charge is 0.397 e. The third kappa shape index (κ3) is 2.50. The summed E-state index contributed by atoms with van der Waals surface area (Å²) < 4.78 is 21.8. The minimum absolute atomic E-state index is 0.278. The number of rotatable bonds is 2. The normalized spacial score (nSPS) is 12.2. The van der Waals surface area contributed by atoms with Gasteiger partial charge in [0.25, 0.3) is 0 Å². The van der Waals surface area contributed by atoms with Crippen LogP contribution in [0.5, 0.6) is 0 Å². The van der Waals surface area contributed by atoms with Gasteiger partial charge in [-0.2, -0.15) is 8.73 Å². The minimum Gasteiger partial charge on any atom is -0.397 e. The van der Waals surface area contributed by atoms with Gasteiger partial charge in [0.05, 0.1) is 38.5 Å². The Bertz CT molecular complexity index is 832. The molecule has 1 aliphatic heterocycles. The van der Waals surface area contributed by atoms with Gasteiger partial charge < -0.3 is 11.1 Å². The van der Waals surface area contributed by atoms with E-state index in [1.54, 1.807) is 19.1 Å². The molecule has 0 aromatic heterocycles. The molecule has 0 spiro atoms. The summed E-state index contributed by atoms with van der Waals surface area (Å²) in [5.41, 5.74) is 8.80. The van der Waals surface area contributed by atoms with E-state index >= 15 is 0 Å². The highest BCUT2D eigenvalue weighted by atomic mass is 35.5. The number of benzene rings is 2. The van der Waals surface area contributed by atoms with Crippen LogP contribution in [0, 0.1) is 12.7 Å². The highest BCUT2D eigenvalue weighted by molar-refractivity contribution is 7.58. The molecule has 0 atom stereocenters. The molecule has 0 unspecified atom stereocenters. The lowest BCUT2D eigenvalue weighted by atomic mass is 10.1. The molecule has 4 nitrogen and oxygen atoms in total. The van der Waals surface area contributed by atoms with Gasteiger partial charge in [-0.25, -0.2) is 4.39 Å². The molecular formula is C13H9Cl2FN4S. The third-order valence-electron chi connectivity index (χ3n) is 3.03. The van der Waals surface area contributed by atoms with Crippen molar-refractivity contribution < 1.29 is 4.39 Å². The summed E-state index contributed by atoms with van der Waals surface area (Å²) in [6.45, 7) is 1.66. The number of anilines is 3. The van der Waals surface area contributed by atoms with Crippen LogP contribution in [-0.4, -0.2) is 0 Å². The van der Waals surface area contributed by atoms with Crippen molar-refractivity contribution in [1.29, 1.82) is 0 Å². The number of aryl methyl sites for hydroxylation is 1. The predicted molar refractivity (Wildman–Crippen MR) is 86.8 cm³/mol. The molecule has 0 radical (unpaired) electrons. The molecule has 0 bridgehead atoms. The minimum atomic E-state index is -0.360. The maximum atomic E-state index is 13.5. The average Bonchev–Trinajstić information content (AvgIpc) is 2.90. The Kier molecular flexibility index (Phi) is 3.61. The van der Waals surface area contributed by atoms with E-state index in [-0.39, 0.29) is 11.5 Å². The van der Waals surface area contributed by atoms with Gasteiger partial charge in [0, 0.05) is 0 Å². The Morgan fingerprint density at radius 3 is 2.62 bits per heavy atom. The van der Waals surface area contributed by atoms with Gasteiger partial charge >= 0.3 is 0 Å². The fourth-order valence-electron chi connectivity index (χ4n) is 1.93. The molecule has 0 aliphatic carbocycles. The van der Waals surface area contributed by atoms with Crippen LogP contribution in [0.15, 0.2) is 26.9 Å². The van der Waals surface area contributed by atoms with Gasteiger partial charge in [0.1, 0.15) is 17.2 Å². The summed E-state index contributed by atoms with van der Waals surface area (Å²) >= 11 is 13.3. The number of nitrogens with one attached hydrogen (secondary N) is 1. The van der Waals surface area contributed by atoms with Crippen molar-refractivity contribution in [3.8, 4) is 0 Å². The fourth-order valence-corrected chi connectivity index (χ4v) is 3.09. The van der Waals surface area contributed by atoms with Gasteiger partial charge in [-0.3, -0.25) is 0 Å². The Balaban J connectivity index is 2.10. The van der Waals surface area contributed by atoms with Crippen molar-refractivity contribution in [2.75, 3.05) is 11.1 Å². The highest BCUT2D eigenvalue weighted by Gasteiger charge is 2.19. The number of halogens is 3. The Morgan fingerprint density at radius 1 is 1.14 bits per heavy atom. The summed E-state index contributed by atoms with van der Waals surface area (Å²) in [5, 5.41) is 3.91. The van der Waals surface area contributed by atoms with Crippen molar-refractivity contribution in [2.45, 2.75) is 6.92 Å². The van der Waals surface area contributed by atoms with E-state index in [1.807, 2.05) is 0 Å². The van der Waals surface area contributed by atoms with E-state index < -0.39 is 0 Å². The Labute approximate surface area is 134 Å². The van der Waals surface area contributed by atoms with Gasteiger partial charge in [-0.15, -0.1) is 0 Å². The molecule has 0 saturated carbocycles. The molecule has 0 fully saturated rings. The second-order valence-corrected chi connectivity index (χ2v) is 5.83. The summed E-state index contributed by atoms with van der Waals surface area (Å²) in [5.74, 6) is -0.360. The first-order chi connectivity index (χ1) is 9.97. The number of nitrogens with two attached hydrogens (primary N) is 1. The average molecular weight is 343 g/mol. The van der Waals surface area contributed by atoms with Crippen LogP contribution in [0.4, 0.5) is 32.8 Å². The standard InChI is InChI=1S/C13H9Cl2FN4S/c1-5-2-10(9(17)4-8(5)16)18-11-6(14)3-7(15)12-13(11)20-21-19-12/h2-4,18H,17H2,1H3. The van der Waals surface area contributed by atoms with Gasteiger partial charge in [0.2, 0.25) is 0 Å². The first-order valence-corrected chi connectivity index (χ1v) is 7.39. The summed E-state index contributed by atoms with van der Waals surface area (Å²) in [6.07, 6.45) is 0. The quantitative estimate of drug-likeness (QED) is 0.604. The first kappa shape index (κ1) is 14.3. The van der Waals surface area contributed by atoms with Crippen molar-refractivity contribution in [3.63, 3.8) is 0 Å². The second kappa shape index (κ2) is 5.29. The smallest absolute Gasteiger partial charge is 0.131 e. The molecule has 0 amide bonds. The number of hydrogen-bond donors (Lipinski definition) is 2. The van der Waals surface area contributed by atoms with E-state index in [2.05, 4.69) is 14.0 Å². The van der Waals surface area contributed by atoms with Crippen molar-refractivity contribution in [1.82, 2.24) is 0 Å². The van der Waals surface area contributed by atoms with E-state index in [0.29, 0.717) is 38.4 Å². The fraction of sp³-hybridized carbons (Fsp3) is 0.0769. The van der Waals surface area contributed by atoms with Crippen LogP contribution < -0.4 is 11.1 Å². The van der Waals surface area contributed by atoms with E-state index in [9.17, 15) is 4.39 Å². The van der Waals surface area contributed by atoms with Crippen molar-refractivity contribution in [3.05, 3.63) is 39.6 Å². The van der Waals surface area contributed by atoms with Crippen molar-refractivity contribution >= 4 is 63.0 Å². The second-order valence-electron chi connectivity index (χ2n) is 4.49. The van der Waals surface area contributed by atoms with Gasteiger partial charge in [0.15, 0.2) is 0 Å². The van der Waals surface area contributed by atoms with Crippen LogP contribution in [0.2, 0.25) is 10.0 Å². The summed E-state index contributed by atoms with van der Waals surface area (Å²) in [4.78, 5) is 0. The van der Waals surface area contributed by atoms with E-state index in [1.165, 1.54) is 6.07 Å². The predicted octanol–water partition coefficient (Wildman–Crippen LogP) is 5.49. The molecular weight excluding hydrogens is 334 g/mol. The van der Waals surface area contributed by atoms with Crippen LogP contribution in [0.25, 0.3) is 0 Å². The monoisotopic (exact) mass is 342 g/mol. The summed E-state index contributed by atoms with van der Waals surface area (Å²) in [7, 11) is 0. The molecule has 0 saturated heterocycles. The van der Waals surface area contributed by atoms with E-state index in [4.69, 9.17) is 28.9 Å². The molecule has 1 heterocycles. The summed E-state index contributed by atoms with van der Waals surface area (Å²) in [6, 6.07) is 4.46. The molecule has 3 rings (SSSR count). The van der Waals surface area contributed by atoms with Crippen molar-refractivity contribution in [2.24, 2.45) is 8.73 Å². The molecule has 21 heavy (non-hydrogen) atoms. The topological polar surface area (TPSA) is 62.8 Å². The van der Waals surface area contributed by atoms with Crippen LogP contribution in [0.1, 0.15) is 5.56 Å². The first-order valence-electron chi connectivity index (χ1n) is 5.90. The van der Waals surface area contributed by atoms with E-state index in [0.717, 1.165) is 11.4 Å². The lowest BCUT2D eigenvalue weighted by Crippen LogP contribution is -1.99. The lowest BCUT2D eigenvalue weighted by molar-refractivity contribution is 0.619. The number of hydrogen-bond acceptors (Lipinski definition) is 4. The molecule has 2 aromatic carbocycles. The third-order valence-corrected chi connectivity index (χ3v) is 4.15. The number of fused-ring (bicyclic) bond motifs is 1. The number of nitrogens with zero attached hydrogens (tertiary/aromatic N) is 2. The van der Waals surface area contributed by atoms with Gasteiger partial charge in [-0.05, 0) is 30.7 Å². The Morgan fingerprint density at radius 2 is 1.86 bits per heavy atom. The highest BCUT2D eigenvalue weighted by Crippen LogP contribution is 2.48. The molecule has 1 aliphatic rings. The zero-order valence-electron chi connectivity index (χ0n) is 10.7.